The molecule has 1 heterocycles. The van der Waals surface area contributed by atoms with Gasteiger partial charge in [-0.05, 0) is 49.9 Å². The van der Waals surface area contributed by atoms with E-state index in [-0.39, 0.29) is 11.8 Å². The fourth-order valence-electron chi connectivity index (χ4n) is 3.26. The lowest BCUT2D eigenvalue weighted by Crippen LogP contribution is -2.44. The molecule has 6 nitrogen and oxygen atoms in total. The first-order valence-corrected chi connectivity index (χ1v) is 10.5. The van der Waals surface area contributed by atoms with E-state index in [1.807, 2.05) is 63.4 Å². The highest BCUT2D eigenvalue weighted by Crippen LogP contribution is 2.19. The number of aromatic hydroxyl groups is 1. The molecule has 166 valence electrons. The predicted molar refractivity (Wildman–Crippen MR) is 123 cm³/mol. The quantitative estimate of drug-likeness (QED) is 0.510. The summed E-state index contributed by atoms with van der Waals surface area (Å²) in [6, 6.07) is 14.2. The van der Waals surface area contributed by atoms with Crippen LogP contribution in [-0.4, -0.2) is 44.6 Å². The molecule has 0 bridgehead atoms. The highest BCUT2D eigenvalue weighted by Gasteiger charge is 2.25. The minimum absolute atomic E-state index is 0.102. The third kappa shape index (κ3) is 7.17. The minimum atomic E-state index is -0.971. The maximum absolute atomic E-state index is 12.4. The second kappa shape index (κ2) is 11.2. The average Bonchev–Trinajstić information content (AvgIpc) is 3.13. The molecule has 3 rings (SSSR count). The van der Waals surface area contributed by atoms with Gasteiger partial charge in [-0.1, -0.05) is 49.7 Å². The Morgan fingerprint density at radius 1 is 1.03 bits per heavy atom. The Morgan fingerprint density at radius 3 is 2.26 bits per heavy atom. The summed E-state index contributed by atoms with van der Waals surface area (Å²) in [5, 5.41) is 19.1. The summed E-state index contributed by atoms with van der Waals surface area (Å²) in [6.45, 7) is 7.87. The van der Waals surface area contributed by atoms with Crippen LogP contribution in [0.15, 0.2) is 54.7 Å². The Bertz CT molecular complexity index is 971. The van der Waals surface area contributed by atoms with Gasteiger partial charge in [0, 0.05) is 30.1 Å². The normalized spacial score (nSPS) is 11.6. The molecule has 0 aliphatic carbocycles. The average molecular weight is 425 g/mol. The molecule has 0 radical (unpaired) electrons. The Hall–Kier alpha value is -3.28. The van der Waals surface area contributed by atoms with Crippen molar-refractivity contribution in [2.75, 3.05) is 6.54 Å². The summed E-state index contributed by atoms with van der Waals surface area (Å²) in [4.78, 5) is 28.4. The van der Waals surface area contributed by atoms with E-state index in [2.05, 4.69) is 4.98 Å². The Balaban J connectivity index is 0.000000357. The van der Waals surface area contributed by atoms with E-state index in [0.29, 0.717) is 25.1 Å². The monoisotopic (exact) mass is 424 g/mol. The SMILES string of the molecule is CC(C)CC(=O)N(CCc1c[nH]c2ccccc12)C(C)C(=O)O.Cc1ccc(O)cc1. The molecule has 0 saturated carbocycles. The lowest BCUT2D eigenvalue weighted by Gasteiger charge is -2.27. The number of hydrogen-bond acceptors (Lipinski definition) is 3. The van der Waals surface area contributed by atoms with Gasteiger partial charge in [-0.25, -0.2) is 4.79 Å². The second-order valence-electron chi connectivity index (χ2n) is 8.14. The summed E-state index contributed by atoms with van der Waals surface area (Å²) >= 11 is 0. The maximum atomic E-state index is 12.4. The van der Waals surface area contributed by atoms with E-state index in [1.165, 1.54) is 10.5 Å². The highest BCUT2D eigenvalue weighted by molar-refractivity contribution is 5.84. The van der Waals surface area contributed by atoms with Crippen LogP contribution in [-0.2, 0) is 16.0 Å². The fraction of sp³-hybridized carbons (Fsp3) is 0.360. The van der Waals surface area contributed by atoms with Crippen LogP contribution in [0.1, 0.15) is 38.3 Å². The molecule has 0 saturated heterocycles. The van der Waals surface area contributed by atoms with Gasteiger partial charge in [0.25, 0.3) is 0 Å². The molecule has 3 aromatic rings. The van der Waals surface area contributed by atoms with Gasteiger partial charge in [0.1, 0.15) is 11.8 Å². The third-order valence-electron chi connectivity index (χ3n) is 5.06. The molecule has 0 aliphatic heterocycles. The van der Waals surface area contributed by atoms with Crippen molar-refractivity contribution in [2.24, 2.45) is 5.92 Å². The zero-order valence-electron chi connectivity index (χ0n) is 18.6. The summed E-state index contributed by atoms with van der Waals surface area (Å²) in [5.74, 6) is -0.537. The first-order chi connectivity index (χ1) is 14.7. The van der Waals surface area contributed by atoms with E-state index in [4.69, 9.17) is 5.11 Å². The van der Waals surface area contributed by atoms with Gasteiger partial charge < -0.3 is 20.1 Å². The van der Waals surface area contributed by atoms with Crippen LogP contribution in [0.5, 0.6) is 5.75 Å². The van der Waals surface area contributed by atoms with Gasteiger partial charge in [-0.2, -0.15) is 0 Å². The standard InChI is InChI=1S/C18H24N2O3.C7H8O/c1-12(2)10-17(21)20(13(3)18(22)23)9-8-14-11-19-16-7-5-4-6-15(14)16;1-6-2-4-7(8)5-3-6/h4-7,11-13,19H,8-10H2,1-3H3,(H,22,23);2-5,8H,1H3. The molecule has 1 unspecified atom stereocenters. The van der Waals surface area contributed by atoms with Crippen molar-refractivity contribution in [1.29, 1.82) is 0 Å². The maximum Gasteiger partial charge on any atom is 0.326 e. The van der Waals surface area contributed by atoms with Crippen molar-refractivity contribution in [3.8, 4) is 5.75 Å². The van der Waals surface area contributed by atoms with Crippen molar-refractivity contribution in [3.63, 3.8) is 0 Å². The number of amides is 1. The number of aryl methyl sites for hydroxylation is 1. The molecule has 2 aromatic carbocycles. The van der Waals surface area contributed by atoms with Gasteiger partial charge in [-0.3, -0.25) is 4.79 Å². The number of H-pyrrole nitrogens is 1. The van der Waals surface area contributed by atoms with Gasteiger partial charge in [0.2, 0.25) is 5.91 Å². The zero-order valence-corrected chi connectivity index (χ0v) is 18.6. The largest absolute Gasteiger partial charge is 0.508 e. The number of carbonyl (C=O) groups excluding carboxylic acids is 1. The zero-order chi connectivity index (χ0) is 23.0. The Kier molecular flexibility index (Phi) is 8.67. The van der Waals surface area contributed by atoms with Gasteiger partial charge in [0.15, 0.2) is 0 Å². The van der Waals surface area contributed by atoms with Crippen molar-refractivity contribution >= 4 is 22.8 Å². The molecule has 0 aliphatic rings. The predicted octanol–water partition coefficient (Wildman–Crippen LogP) is 4.76. The summed E-state index contributed by atoms with van der Waals surface area (Å²) in [6.07, 6.45) is 2.93. The number of phenolic OH excluding ortho intramolecular Hbond substituents is 1. The third-order valence-corrected chi connectivity index (χ3v) is 5.06. The molecule has 1 aromatic heterocycles. The first-order valence-electron chi connectivity index (χ1n) is 10.5. The number of rotatable bonds is 7. The number of aromatic nitrogens is 1. The molecule has 1 amide bonds. The van der Waals surface area contributed by atoms with Crippen LogP contribution >= 0.6 is 0 Å². The topological polar surface area (TPSA) is 93.6 Å². The van der Waals surface area contributed by atoms with Crippen LogP contribution in [0.3, 0.4) is 0 Å². The number of benzene rings is 2. The van der Waals surface area contributed by atoms with Crippen LogP contribution in [0, 0.1) is 12.8 Å². The molecular weight excluding hydrogens is 392 g/mol. The fourth-order valence-corrected chi connectivity index (χ4v) is 3.26. The number of aliphatic carboxylic acids is 1. The Labute approximate surface area is 183 Å². The van der Waals surface area contributed by atoms with E-state index in [9.17, 15) is 14.7 Å². The van der Waals surface area contributed by atoms with Gasteiger partial charge >= 0.3 is 5.97 Å². The number of para-hydroxylation sites is 1. The van der Waals surface area contributed by atoms with Crippen LogP contribution in [0.2, 0.25) is 0 Å². The molecule has 6 heteroatoms. The van der Waals surface area contributed by atoms with E-state index in [0.717, 1.165) is 16.5 Å². The van der Waals surface area contributed by atoms with Gasteiger partial charge in [-0.15, -0.1) is 0 Å². The Morgan fingerprint density at radius 2 is 1.68 bits per heavy atom. The number of aromatic amines is 1. The second-order valence-corrected chi connectivity index (χ2v) is 8.14. The number of phenols is 1. The molecule has 3 N–H and O–H groups in total. The molecule has 1 atom stereocenters. The number of nitrogens with one attached hydrogen (secondary N) is 1. The smallest absolute Gasteiger partial charge is 0.326 e. The minimum Gasteiger partial charge on any atom is -0.508 e. The van der Waals surface area contributed by atoms with Crippen LogP contribution < -0.4 is 0 Å². The summed E-state index contributed by atoms with van der Waals surface area (Å²) in [7, 11) is 0. The van der Waals surface area contributed by atoms with Crippen LogP contribution in [0.25, 0.3) is 10.9 Å². The number of nitrogens with zero attached hydrogens (tertiary/aromatic N) is 1. The molecule has 31 heavy (non-hydrogen) atoms. The number of carboxylic acids is 1. The summed E-state index contributed by atoms with van der Waals surface area (Å²) < 4.78 is 0. The number of carbonyl (C=O) groups is 2. The van der Waals surface area contributed by atoms with E-state index >= 15 is 0 Å². The lowest BCUT2D eigenvalue weighted by molar-refractivity contribution is -0.149. The van der Waals surface area contributed by atoms with Crippen molar-refractivity contribution in [2.45, 2.75) is 46.6 Å². The molecule has 0 fully saturated rings. The summed E-state index contributed by atoms with van der Waals surface area (Å²) in [5.41, 5.74) is 3.32. The van der Waals surface area contributed by atoms with Crippen LogP contribution in [0.4, 0.5) is 0 Å². The molecular formula is C25H32N2O4. The highest BCUT2D eigenvalue weighted by atomic mass is 16.4. The van der Waals surface area contributed by atoms with E-state index in [1.54, 1.807) is 19.1 Å². The van der Waals surface area contributed by atoms with E-state index < -0.39 is 12.0 Å². The number of hydrogen-bond donors (Lipinski definition) is 3. The number of fused-ring (bicyclic) bond motifs is 1. The molecule has 0 spiro atoms. The number of carboxylic acid groups (broad SMARTS) is 1. The van der Waals surface area contributed by atoms with Crippen molar-refractivity contribution < 1.29 is 19.8 Å². The van der Waals surface area contributed by atoms with Crippen molar-refractivity contribution in [3.05, 3.63) is 65.9 Å². The van der Waals surface area contributed by atoms with Crippen molar-refractivity contribution in [1.82, 2.24) is 9.88 Å². The van der Waals surface area contributed by atoms with Gasteiger partial charge in [0.05, 0.1) is 0 Å². The lowest BCUT2D eigenvalue weighted by atomic mass is 10.1. The first kappa shape index (κ1) is 24.0.